The van der Waals surface area contributed by atoms with Gasteiger partial charge in [-0.15, -0.1) is 4.52 Å². The van der Waals surface area contributed by atoms with Gasteiger partial charge in [0.15, 0.2) is 5.65 Å². The summed E-state index contributed by atoms with van der Waals surface area (Å²) in [6.45, 7) is 0.500. The Bertz CT molecular complexity index is 1130. The van der Waals surface area contributed by atoms with Gasteiger partial charge in [0.25, 0.3) is 0 Å². The summed E-state index contributed by atoms with van der Waals surface area (Å²) in [5, 5.41) is 22.1. The smallest absolute Gasteiger partial charge is 0.157 e. The number of nitrogens with one attached hydrogen (secondary N) is 1. The molecule has 3 aromatic rings. The standard InChI is InChI=1S/C18H15N7OS/c26-23-15-4-1-11-7-13(2-3-14(11)15)21-18-17(12-8-20-24-27-10-12)22-16-9-19-5-6-25(16)18/h2-3,5-7,9-10,21,26H,1,4,8H2/b23-15+. The lowest BCUT2D eigenvalue weighted by molar-refractivity contribution is 0.318. The maximum Gasteiger partial charge on any atom is 0.157 e. The van der Waals surface area contributed by atoms with E-state index in [2.05, 4.69) is 31.2 Å². The monoisotopic (exact) mass is 377 g/mol. The van der Waals surface area contributed by atoms with Gasteiger partial charge in [0, 0.05) is 46.6 Å². The normalized spacial score (nSPS) is 17.3. The molecule has 2 N–H and O–H groups in total. The molecule has 0 amide bonds. The Morgan fingerprint density at radius 1 is 1.26 bits per heavy atom. The van der Waals surface area contributed by atoms with Crippen LogP contribution in [0.15, 0.2) is 57.0 Å². The number of rotatable bonds is 3. The third-order valence-electron chi connectivity index (χ3n) is 4.71. The Hall–Kier alpha value is -3.20. The predicted octanol–water partition coefficient (Wildman–Crippen LogP) is 4.05. The molecule has 0 fully saturated rings. The van der Waals surface area contributed by atoms with Crippen molar-refractivity contribution in [2.45, 2.75) is 12.8 Å². The fourth-order valence-electron chi connectivity index (χ4n) is 3.43. The Kier molecular flexibility index (Phi) is 3.86. The molecule has 0 spiro atoms. The summed E-state index contributed by atoms with van der Waals surface area (Å²) >= 11 is 1.31. The lowest BCUT2D eigenvalue weighted by Crippen LogP contribution is -2.01. The second-order valence-electron chi connectivity index (χ2n) is 6.29. The minimum Gasteiger partial charge on any atom is -0.411 e. The Balaban J connectivity index is 1.58. The van der Waals surface area contributed by atoms with E-state index in [1.807, 2.05) is 28.1 Å². The van der Waals surface area contributed by atoms with Crippen LogP contribution in [0.25, 0.3) is 11.2 Å². The summed E-state index contributed by atoms with van der Waals surface area (Å²) in [4.78, 5) is 8.90. The second kappa shape index (κ2) is 6.51. The van der Waals surface area contributed by atoms with Gasteiger partial charge in [-0.25, -0.2) is 4.98 Å². The van der Waals surface area contributed by atoms with Crippen LogP contribution in [-0.2, 0) is 6.42 Å². The zero-order chi connectivity index (χ0) is 18.2. The number of aromatic nitrogens is 3. The fourth-order valence-corrected chi connectivity index (χ4v) is 3.92. The van der Waals surface area contributed by atoms with E-state index in [1.54, 1.807) is 12.4 Å². The minimum atomic E-state index is 0.500. The molecular weight excluding hydrogens is 362 g/mol. The molecule has 2 aliphatic rings. The van der Waals surface area contributed by atoms with E-state index in [1.165, 1.54) is 17.5 Å². The molecule has 0 saturated heterocycles. The van der Waals surface area contributed by atoms with Crippen molar-refractivity contribution in [2.24, 2.45) is 14.8 Å². The first-order valence-electron chi connectivity index (χ1n) is 8.49. The lowest BCUT2D eigenvalue weighted by Gasteiger charge is -2.12. The molecule has 3 heterocycles. The van der Waals surface area contributed by atoms with Crippen LogP contribution in [0.1, 0.15) is 23.2 Å². The van der Waals surface area contributed by atoms with Gasteiger partial charge in [-0.2, -0.15) is 5.11 Å². The van der Waals surface area contributed by atoms with E-state index in [9.17, 15) is 0 Å². The van der Waals surface area contributed by atoms with Crippen LogP contribution >= 0.6 is 11.9 Å². The van der Waals surface area contributed by atoms with Gasteiger partial charge in [-0.3, -0.25) is 9.38 Å². The van der Waals surface area contributed by atoms with Crippen molar-refractivity contribution >= 4 is 40.4 Å². The van der Waals surface area contributed by atoms with E-state index in [4.69, 9.17) is 10.2 Å². The van der Waals surface area contributed by atoms with Gasteiger partial charge in [-0.1, -0.05) is 11.2 Å². The number of oxime groups is 1. The molecule has 8 nitrogen and oxygen atoms in total. The fraction of sp³-hybridized carbons (Fsp3) is 0.167. The maximum absolute atomic E-state index is 9.12. The molecule has 0 saturated carbocycles. The highest BCUT2D eigenvalue weighted by Crippen LogP contribution is 2.33. The van der Waals surface area contributed by atoms with Gasteiger partial charge in [0.2, 0.25) is 0 Å². The third kappa shape index (κ3) is 2.76. The zero-order valence-corrected chi connectivity index (χ0v) is 15.0. The van der Waals surface area contributed by atoms with Crippen LogP contribution in [0.5, 0.6) is 0 Å². The number of benzene rings is 1. The van der Waals surface area contributed by atoms with Gasteiger partial charge in [0.1, 0.15) is 11.5 Å². The average Bonchev–Trinajstić information content (AvgIpc) is 3.30. The molecule has 0 atom stereocenters. The quantitative estimate of drug-likeness (QED) is 0.407. The second-order valence-corrected chi connectivity index (χ2v) is 6.90. The van der Waals surface area contributed by atoms with Crippen molar-refractivity contribution in [1.82, 2.24) is 14.4 Å². The number of hydrogen-bond acceptors (Lipinski definition) is 8. The highest BCUT2D eigenvalue weighted by Gasteiger charge is 2.21. The van der Waals surface area contributed by atoms with Gasteiger partial charge >= 0.3 is 0 Å². The van der Waals surface area contributed by atoms with Crippen LogP contribution < -0.4 is 5.32 Å². The third-order valence-corrected chi connectivity index (χ3v) is 5.31. The maximum atomic E-state index is 9.12. The first-order valence-corrected chi connectivity index (χ1v) is 9.32. The summed E-state index contributed by atoms with van der Waals surface area (Å²) in [6.07, 6.45) is 6.99. The molecule has 0 unspecified atom stereocenters. The molecule has 1 aliphatic heterocycles. The van der Waals surface area contributed by atoms with Crippen molar-refractivity contribution < 1.29 is 5.21 Å². The van der Waals surface area contributed by atoms with E-state index >= 15 is 0 Å². The van der Waals surface area contributed by atoms with Gasteiger partial charge < -0.3 is 10.5 Å². The van der Waals surface area contributed by atoms with Crippen molar-refractivity contribution in [1.29, 1.82) is 0 Å². The summed E-state index contributed by atoms with van der Waals surface area (Å²) in [7, 11) is 0. The Morgan fingerprint density at radius 3 is 3.07 bits per heavy atom. The molecule has 134 valence electrons. The number of hydrogen-bond donors (Lipinski definition) is 2. The largest absolute Gasteiger partial charge is 0.411 e. The Labute approximate surface area is 158 Å². The van der Waals surface area contributed by atoms with Gasteiger partial charge in [0.05, 0.1) is 18.5 Å². The lowest BCUT2D eigenvalue weighted by atomic mass is 10.1. The van der Waals surface area contributed by atoms with Crippen molar-refractivity contribution in [3.63, 3.8) is 0 Å². The van der Waals surface area contributed by atoms with Crippen LogP contribution in [0, 0.1) is 0 Å². The number of fused-ring (bicyclic) bond motifs is 2. The van der Waals surface area contributed by atoms with Crippen molar-refractivity contribution in [3.8, 4) is 0 Å². The van der Waals surface area contributed by atoms with Crippen LogP contribution in [0.4, 0.5) is 11.5 Å². The SMILES string of the molecule is O/N=C1\CCc2cc(Nc3c(C4=CSN=NC4)nc4cnccn34)ccc21. The first-order chi connectivity index (χ1) is 13.3. The van der Waals surface area contributed by atoms with Crippen LogP contribution in [-0.4, -0.2) is 31.8 Å². The molecule has 0 radical (unpaired) electrons. The van der Waals surface area contributed by atoms with Crippen LogP contribution in [0.2, 0.25) is 0 Å². The summed E-state index contributed by atoms with van der Waals surface area (Å²) in [5.74, 6) is 0.866. The average molecular weight is 377 g/mol. The number of imidazole rings is 1. The van der Waals surface area contributed by atoms with E-state index < -0.39 is 0 Å². The molecule has 2 aromatic heterocycles. The van der Waals surface area contributed by atoms with E-state index in [-0.39, 0.29) is 0 Å². The Morgan fingerprint density at radius 2 is 2.22 bits per heavy atom. The molecule has 27 heavy (non-hydrogen) atoms. The molecule has 0 bridgehead atoms. The van der Waals surface area contributed by atoms with Crippen molar-refractivity contribution in [2.75, 3.05) is 11.9 Å². The molecular formula is C18H15N7OS. The minimum absolute atomic E-state index is 0.500. The van der Waals surface area contributed by atoms with Gasteiger partial charge in [-0.05, 0) is 30.5 Å². The summed E-state index contributed by atoms with van der Waals surface area (Å²) in [6, 6.07) is 6.08. The number of anilines is 2. The van der Waals surface area contributed by atoms with Crippen LogP contribution in [0.3, 0.4) is 0 Å². The highest BCUT2D eigenvalue weighted by atomic mass is 32.2. The molecule has 1 aliphatic carbocycles. The summed E-state index contributed by atoms with van der Waals surface area (Å²) < 4.78 is 5.92. The number of nitrogens with zero attached hydrogens (tertiary/aromatic N) is 6. The molecule has 5 rings (SSSR count). The first kappa shape index (κ1) is 16.0. The van der Waals surface area contributed by atoms with Crippen molar-refractivity contribution in [3.05, 3.63) is 59.0 Å². The molecule has 1 aromatic carbocycles. The number of aryl methyl sites for hydroxylation is 1. The van der Waals surface area contributed by atoms with E-state index in [0.29, 0.717) is 6.54 Å². The topological polar surface area (TPSA) is 99.5 Å². The highest BCUT2D eigenvalue weighted by molar-refractivity contribution is 8.00. The zero-order valence-electron chi connectivity index (χ0n) is 14.2. The van der Waals surface area contributed by atoms with E-state index in [0.717, 1.165) is 52.5 Å². The summed E-state index contributed by atoms with van der Waals surface area (Å²) in [5.41, 5.74) is 6.50. The molecule has 9 heteroatoms. The predicted molar refractivity (Wildman–Crippen MR) is 105 cm³/mol.